The van der Waals surface area contributed by atoms with Crippen molar-refractivity contribution < 1.29 is 4.74 Å². The minimum atomic E-state index is -0.0755. The molecule has 1 aromatic rings. The van der Waals surface area contributed by atoms with E-state index in [1.54, 1.807) is 7.11 Å². The van der Waals surface area contributed by atoms with E-state index in [-0.39, 0.29) is 5.54 Å². The average Bonchev–Trinajstić information content (AvgIpc) is 2.67. The summed E-state index contributed by atoms with van der Waals surface area (Å²) in [6.45, 7) is 5.04. The van der Waals surface area contributed by atoms with Crippen molar-refractivity contribution in [3.8, 4) is 5.75 Å². The maximum Gasteiger partial charge on any atom is 0.128 e. The number of amidine groups is 1. The molecule has 0 saturated carbocycles. The minimum Gasteiger partial charge on any atom is -0.497 e. The Balaban J connectivity index is 1.58. The van der Waals surface area contributed by atoms with Crippen LogP contribution in [0.4, 0.5) is 0 Å². The molecule has 1 spiro atoms. The maximum absolute atomic E-state index is 5.34. The second-order valence-electron chi connectivity index (χ2n) is 7.53. The van der Waals surface area contributed by atoms with Crippen LogP contribution in [0.1, 0.15) is 31.7 Å². The third-order valence-electron chi connectivity index (χ3n) is 5.54. The van der Waals surface area contributed by atoms with Gasteiger partial charge in [0.25, 0.3) is 0 Å². The Kier molecular flexibility index (Phi) is 4.72. The molecule has 0 aromatic heterocycles. The number of hydrogen-bond acceptors (Lipinski definition) is 5. The van der Waals surface area contributed by atoms with Crippen LogP contribution in [-0.4, -0.2) is 31.6 Å². The van der Waals surface area contributed by atoms with Gasteiger partial charge in [0.15, 0.2) is 0 Å². The first-order valence-electron chi connectivity index (χ1n) is 9.55. The Bertz CT molecular complexity index is 759. The highest BCUT2D eigenvalue weighted by Gasteiger charge is 2.41. The van der Waals surface area contributed by atoms with Crippen molar-refractivity contribution in [1.29, 1.82) is 0 Å². The average molecular weight is 352 g/mol. The monoisotopic (exact) mass is 352 g/mol. The lowest BCUT2D eigenvalue weighted by atomic mass is 9.83. The highest BCUT2D eigenvalue weighted by molar-refractivity contribution is 5.94. The molecule has 1 unspecified atom stereocenters. The number of allylic oxidation sites excluding steroid dienone is 3. The molecule has 26 heavy (non-hydrogen) atoms. The molecular weight excluding hydrogens is 324 g/mol. The Morgan fingerprint density at radius 1 is 1.31 bits per heavy atom. The number of nitrogens with one attached hydrogen (secondary N) is 3. The van der Waals surface area contributed by atoms with Crippen LogP contribution in [0, 0.1) is 5.92 Å². The van der Waals surface area contributed by atoms with E-state index in [0.29, 0.717) is 5.92 Å². The van der Waals surface area contributed by atoms with Crippen molar-refractivity contribution in [1.82, 2.24) is 16.0 Å². The van der Waals surface area contributed by atoms with E-state index in [2.05, 4.69) is 47.2 Å². The molecule has 2 heterocycles. The highest BCUT2D eigenvalue weighted by Crippen LogP contribution is 2.32. The normalized spacial score (nSPS) is 23.9. The van der Waals surface area contributed by atoms with Crippen LogP contribution in [0.15, 0.2) is 52.8 Å². The van der Waals surface area contributed by atoms with Gasteiger partial charge in [-0.3, -0.25) is 0 Å². The van der Waals surface area contributed by atoms with Gasteiger partial charge in [-0.1, -0.05) is 25.1 Å². The second kappa shape index (κ2) is 7.16. The van der Waals surface area contributed by atoms with Crippen LogP contribution in [0.3, 0.4) is 0 Å². The lowest BCUT2D eigenvalue weighted by molar-refractivity contribution is 0.327. The first-order valence-corrected chi connectivity index (χ1v) is 9.55. The molecule has 1 fully saturated rings. The molecule has 4 rings (SSSR count). The summed E-state index contributed by atoms with van der Waals surface area (Å²) < 4.78 is 5.34. The minimum absolute atomic E-state index is 0.0755. The summed E-state index contributed by atoms with van der Waals surface area (Å²) in [5, 5.41) is 11.0. The number of nitrogens with zero attached hydrogens (tertiary/aromatic N) is 1. The fourth-order valence-corrected chi connectivity index (χ4v) is 4.04. The lowest BCUT2D eigenvalue weighted by Gasteiger charge is -2.44. The molecular formula is C21H28N4O. The van der Waals surface area contributed by atoms with Gasteiger partial charge in [-0.2, -0.15) is 0 Å². The second-order valence-corrected chi connectivity index (χ2v) is 7.53. The summed E-state index contributed by atoms with van der Waals surface area (Å²) >= 11 is 0. The molecule has 1 aromatic carbocycles. The molecule has 5 heteroatoms. The van der Waals surface area contributed by atoms with Crippen LogP contribution in [0.5, 0.6) is 5.75 Å². The molecule has 5 nitrogen and oxygen atoms in total. The van der Waals surface area contributed by atoms with Gasteiger partial charge >= 0.3 is 0 Å². The van der Waals surface area contributed by atoms with Crippen molar-refractivity contribution in [3.05, 3.63) is 53.4 Å². The first kappa shape index (κ1) is 17.2. The van der Waals surface area contributed by atoms with E-state index < -0.39 is 0 Å². The van der Waals surface area contributed by atoms with Gasteiger partial charge in [0, 0.05) is 12.2 Å². The molecule has 3 aliphatic rings. The zero-order chi connectivity index (χ0) is 18.0. The standard InChI is InChI=1S/C21H28N4O/c1-15-6-7-18-19(12-15)25-21(8-10-22-11-9-21)20(24-18)23-14-16-4-3-5-17(13-16)26-2/h3-7,13,15,22,25H,8-12,14H2,1-2H3,(H,23,24). The molecule has 1 atom stereocenters. The maximum atomic E-state index is 5.34. The Hall–Kier alpha value is -2.27. The molecule has 1 aliphatic carbocycles. The zero-order valence-electron chi connectivity index (χ0n) is 15.6. The van der Waals surface area contributed by atoms with Gasteiger partial charge in [-0.15, -0.1) is 0 Å². The van der Waals surface area contributed by atoms with Gasteiger partial charge in [-0.05, 0) is 62.0 Å². The molecule has 1 saturated heterocycles. The van der Waals surface area contributed by atoms with E-state index in [1.165, 1.54) is 11.3 Å². The Morgan fingerprint density at radius 2 is 2.15 bits per heavy atom. The van der Waals surface area contributed by atoms with Crippen LogP contribution in [-0.2, 0) is 6.54 Å². The molecule has 0 amide bonds. The third kappa shape index (κ3) is 3.36. The molecule has 2 aliphatic heterocycles. The van der Waals surface area contributed by atoms with Gasteiger partial charge < -0.3 is 20.7 Å². The fourth-order valence-electron chi connectivity index (χ4n) is 4.04. The topological polar surface area (TPSA) is 57.7 Å². The summed E-state index contributed by atoms with van der Waals surface area (Å²) in [5.41, 5.74) is 3.51. The Morgan fingerprint density at radius 3 is 2.96 bits per heavy atom. The number of methoxy groups -OCH3 is 1. The molecule has 138 valence electrons. The molecule has 0 radical (unpaired) electrons. The van der Waals surface area contributed by atoms with E-state index in [1.807, 2.05) is 12.1 Å². The number of hydrogen-bond donors (Lipinski definition) is 3. The summed E-state index contributed by atoms with van der Waals surface area (Å²) in [6, 6.07) is 8.20. The van der Waals surface area contributed by atoms with E-state index in [9.17, 15) is 0 Å². The van der Waals surface area contributed by atoms with Gasteiger partial charge in [-0.25, -0.2) is 4.99 Å². The SMILES string of the molecule is COc1cccc(CNC2=NC3=C(CC(C)C=C3)NC23CCNCC3)c1. The van der Waals surface area contributed by atoms with Gasteiger partial charge in [0.2, 0.25) is 0 Å². The van der Waals surface area contributed by atoms with Crippen LogP contribution in [0.25, 0.3) is 0 Å². The highest BCUT2D eigenvalue weighted by atomic mass is 16.5. The van der Waals surface area contributed by atoms with E-state index >= 15 is 0 Å². The van der Waals surface area contributed by atoms with Crippen molar-refractivity contribution in [2.24, 2.45) is 10.9 Å². The number of rotatable bonds is 3. The number of piperidine rings is 1. The predicted molar refractivity (Wildman–Crippen MR) is 105 cm³/mol. The largest absolute Gasteiger partial charge is 0.497 e. The van der Waals surface area contributed by atoms with Gasteiger partial charge in [0.1, 0.15) is 11.6 Å². The zero-order valence-corrected chi connectivity index (χ0v) is 15.6. The molecule has 3 N–H and O–H groups in total. The summed E-state index contributed by atoms with van der Waals surface area (Å²) in [4.78, 5) is 5.05. The number of ether oxygens (including phenoxy) is 1. The predicted octanol–water partition coefficient (Wildman–Crippen LogP) is 2.72. The van der Waals surface area contributed by atoms with Crippen LogP contribution < -0.4 is 20.7 Å². The van der Waals surface area contributed by atoms with Gasteiger partial charge in [0.05, 0.1) is 18.3 Å². The lowest BCUT2D eigenvalue weighted by Crippen LogP contribution is -2.62. The quantitative estimate of drug-likeness (QED) is 0.783. The first-order chi connectivity index (χ1) is 12.7. The number of aliphatic imine (C=N–C) groups is 1. The Labute approximate surface area is 155 Å². The fraction of sp³-hybridized carbons (Fsp3) is 0.476. The van der Waals surface area contributed by atoms with E-state index in [0.717, 1.165) is 56.2 Å². The van der Waals surface area contributed by atoms with Crippen molar-refractivity contribution >= 4 is 5.84 Å². The summed E-state index contributed by atoms with van der Waals surface area (Å²) in [6.07, 6.45) is 7.56. The smallest absolute Gasteiger partial charge is 0.128 e. The third-order valence-corrected chi connectivity index (χ3v) is 5.54. The van der Waals surface area contributed by atoms with Crippen LogP contribution >= 0.6 is 0 Å². The summed E-state index contributed by atoms with van der Waals surface area (Å²) in [5.74, 6) is 2.53. The summed E-state index contributed by atoms with van der Waals surface area (Å²) in [7, 11) is 1.70. The van der Waals surface area contributed by atoms with Crippen LogP contribution in [0.2, 0.25) is 0 Å². The van der Waals surface area contributed by atoms with Crippen molar-refractivity contribution in [2.75, 3.05) is 20.2 Å². The van der Waals surface area contributed by atoms with Crippen molar-refractivity contribution in [3.63, 3.8) is 0 Å². The van der Waals surface area contributed by atoms with E-state index in [4.69, 9.17) is 9.73 Å². The van der Waals surface area contributed by atoms with Crippen molar-refractivity contribution in [2.45, 2.75) is 38.3 Å². The molecule has 0 bridgehead atoms. The number of benzene rings is 1.